The van der Waals surface area contributed by atoms with E-state index in [0.717, 1.165) is 17.5 Å². The SMILES string of the molecule is Cn1c(=O)n(C2CCC(=O)NC2=O)c2cccc(C3CCN(C(=O)OC(C)(C)C)C3)c21. The van der Waals surface area contributed by atoms with Crippen LogP contribution in [0.2, 0.25) is 0 Å². The fourth-order valence-corrected chi connectivity index (χ4v) is 4.53. The Hall–Kier alpha value is -3.10. The van der Waals surface area contributed by atoms with Gasteiger partial charge in [0.25, 0.3) is 0 Å². The highest BCUT2D eigenvalue weighted by Crippen LogP contribution is 2.34. The van der Waals surface area contributed by atoms with Crippen molar-refractivity contribution in [2.24, 2.45) is 7.05 Å². The van der Waals surface area contributed by atoms with E-state index < -0.39 is 17.6 Å². The van der Waals surface area contributed by atoms with Crippen LogP contribution in [0, 0.1) is 0 Å². The number of imide groups is 1. The van der Waals surface area contributed by atoms with Crippen molar-refractivity contribution in [1.82, 2.24) is 19.4 Å². The molecule has 2 aliphatic heterocycles. The predicted octanol–water partition coefficient (Wildman–Crippen LogP) is 2.04. The van der Waals surface area contributed by atoms with Crippen molar-refractivity contribution in [2.75, 3.05) is 13.1 Å². The number of piperidine rings is 1. The molecule has 0 radical (unpaired) electrons. The van der Waals surface area contributed by atoms with Gasteiger partial charge < -0.3 is 9.64 Å². The number of carbonyl (C=O) groups is 3. The highest BCUT2D eigenvalue weighted by molar-refractivity contribution is 6.00. The lowest BCUT2D eigenvalue weighted by Gasteiger charge is -2.24. The Bertz CT molecular complexity index is 1120. The van der Waals surface area contributed by atoms with Gasteiger partial charge in [0.05, 0.1) is 11.0 Å². The van der Waals surface area contributed by atoms with E-state index in [1.807, 2.05) is 39.0 Å². The highest BCUT2D eigenvalue weighted by Gasteiger charge is 2.34. The lowest BCUT2D eigenvalue weighted by atomic mass is 9.96. The topological polar surface area (TPSA) is 103 Å². The van der Waals surface area contributed by atoms with Crippen molar-refractivity contribution >= 4 is 28.9 Å². The molecule has 0 saturated carbocycles. The first kappa shape index (κ1) is 21.1. The Morgan fingerprint density at radius 1 is 1.16 bits per heavy atom. The molecule has 2 saturated heterocycles. The van der Waals surface area contributed by atoms with Crippen LogP contribution < -0.4 is 11.0 Å². The lowest BCUT2D eigenvalue weighted by molar-refractivity contribution is -0.135. The normalized spacial score (nSPS) is 22.1. The number of nitrogens with zero attached hydrogens (tertiary/aromatic N) is 3. The van der Waals surface area contributed by atoms with E-state index in [-0.39, 0.29) is 30.0 Å². The first-order chi connectivity index (χ1) is 14.6. The minimum Gasteiger partial charge on any atom is -0.444 e. The van der Waals surface area contributed by atoms with Crippen LogP contribution in [0.15, 0.2) is 23.0 Å². The molecule has 2 atom stereocenters. The maximum Gasteiger partial charge on any atom is 0.410 e. The zero-order chi connectivity index (χ0) is 22.5. The zero-order valence-electron chi connectivity index (χ0n) is 18.3. The van der Waals surface area contributed by atoms with Crippen LogP contribution in [0.4, 0.5) is 4.79 Å². The second-order valence-electron chi connectivity index (χ2n) is 9.31. The minimum absolute atomic E-state index is 0.0550. The van der Waals surface area contributed by atoms with Gasteiger partial charge in [-0.25, -0.2) is 9.59 Å². The Balaban J connectivity index is 1.68. The number of rotatable bonds is 2. The van der Waals surface area contributed by atoms with Gasteiger partial charge in [-0.2, -0.15) is 0 Å². The number of hydrogen-bond donors (Lipinski definition) is 1. The van der Waals surface area contributed by atoms with Crippen molar-refractivity contribution in [3.63, 3.8) is 0 Å². The molecule has 1 N–H and O–H groups in total. The van der Waals surface area contributed by atoms with E-state index in [9.17, 15) is 19.2 Å². The summed E-state index contributed by atoms with van der Waals surface area (Å²) in [4.78, 5) is 51.2. The number of benzene rings is 1. The molecular weight excluding hydrogens is 400 g/mol. The van der Waals surface area contributed by atoms with Crippen LogP contribution in [0.1, 0.15) is 57.6 Å². The van der Waals surface area contributed by atoms with Gasteiger partial charge in [-0.15, -0.1) is 0 Å². The summed E-state index contributed by atoms with van der Waals surface area (Å²) < 4.78 is 8.54. The largest absolute Gasteiger partial charge is 0.444 e. The molecule has 3 amide bonds. The second-order valence-corrected chi connectivity index (χ2v) is 9.31. The summed E-state index contributed by atoms with van der Waals surface area (Å²) in [7, 11) is 1.69. The summed E-state index contributed by atoms with van der Waals surface area (Å²) in [6.45, 7) is 6.61. The van der Waals surface area contributed by atoms with Crippen molar-refractivity contribution < 1.29 is 19.1 Å². The number of amides is 3. The van der Waals surface area contributed by atoms with Gasteiger partial charge in [0.1, 0.15) is 11.6 Å². The number of likely N-dealkylation sites (tertiary alicyclic amines) is 1. The smallest absolute Gasteiger partial charge is 0.410 e. The van der Waals surface area contributed by atoms with Gasteiger partial charge in [0.2, 0.25) is 11.8 Å². The number of ether oxygens (including phenoxy) is 1. The molecule has 2 aliphatic rings. The minimum atomic E-state index is -0.717. The lowest BCUT2D eigenvalue weighted by Crippen LogP contribution is -2.44. The molecule has 0 bridgehead atoms. The molecule has 2 aromatic rings. The highest BCUT2D eigenvalue weighted by atomic mass is 16.6. The number of aryl methyl sites for hydroxylation is 1. The first-order valence-corrected chi connectivity index (χ1v) is 10.6. The fourth-order valence-electron chi connectivity index (χ4n) is 4.53. The summed E-state index contributed by atoms with van der Waals surface area (Å²) in [6.07, 6.45) is 0.920. The van der Waals surface area contributed by atoms with Crippen molar-refractivity contribution in [3.05, 3.63) is 34.2 Å². The number of fused-ring (bicyclic) bond motifs is 1. The van der Waals surface area contributed by atoms with Gasteiger partial charge in [-0.05, 0) is 45.2 Å². The molecule has 2 fully saturated rings. The summed E-state index contributed by atoms with van der Waals surface area (Å²) in [5, 5.41) is 2.33. The van der Waals surface area contributed by atoms with Gasteiger partial charge in [0, 0.05) is 32.5 Å². The van der Waals surface area contributed by atoms with E-state index in [2.05, 4.69) is 5.32 Å². The monoisotopic (exact) mass is 428 g/mol. The number of nitrogens with one attached hydrogen (secondary N) is 1. The third-order valence-corrected chi connectivity index (χ3v) is 5.94. The maximum absolute atomic E-state index is 13.1. The molecule has 3 heterocycles. The molecule has 0 spiro atoms. The number of para-hydroxylation sites is 1. The molecule has 2 unspecified atom stereocenters. The van der Waals surface area contributed by atoms with Crippen LogP contribution in [0.3, 0.4) is 0 Å². The molecule has 1 aromatic carbocycles. The number of hydrogen-bond acceptors (Lipinski definition) is 5. The number of carbonyl (C=O) groups excluding carboxylic acids is 3. The first-order valence-electron chi connectivity index (χ1n) is 10.6. The van der Waals surface area contributed by atoms with Crippen molar-refractivity contribution in [2.45, 2.75) is 57.6 Å². The number of aromatic nitrogens is 2. The quantitative estimate of drug-likeness (QED) is 0.738. The Morgan fingerprint density at radius 2 is 1.90 bits per heavy atom. The molecule has 166 valence electrons. The van der Waals surface area contributed by atoms with Crippen LogP contribution in [-0.4, -0.2) is 50.6 Å². The van der Waals surface area contributed by atoms with Crippen LogP contribution >= 0.6 is 0 Å². The summed E-state index contributed by atoms with van der Waals surface area (Å²) in [6, 6.07) is 4.95. The van der Waals surface area contributed by atoms with Crippen LogP contribution in [0.5, 0.6) is 0 Å². The fraction of sp³-hybridized carbons (Fsp3) is 0.545. The summed E-state index contributed by atoms with van der Waals surface area (Å²) in [5.74, 6) is -0.712. The molecule has 0 aliphatic carbocycles. The third-order valence-electron chi connectivity index (χ3n) is 5.94. The summed E-state index contributed by atoms with van der Waals surface area (Å²) in [5.41, 5.74) is 1.54. The Labute approximate surface area is 179 Å². The third kappa shape index (κ3) is 3.84. The van der Waals surface area contributed by atoms with Gasteiger partial charge in [-0.1, -0.05) is 12.1 Å². The van der Waals surface area contributed by atoms with Gasteiger partial charge in [0.15, 0.2) is 0 Å². The molecule has 9 heteroatoms. The standard InChI is InChI=1S/C22H28N4O5/c1-22(2,3)31-21(30)25-11-10-13(12-25)14-6-5-7-15-18(14)24(4)20(29)26(15)16-8-9-17(27)23-19(16)28/h5-7,13,16H,8-12H2,1-4H3,(H,23,27,28). The second kappa shape index (κ2) is 7.55. The van der Waals surface area contributed by atoms with Crippen LogP contribution in [-0.2, 0) is 21.4 Å². The Kier molecular flexibility index (Phi) is 5.15. The zero-order valence-corrected chi connectivity index (χ0v) is 18.3. The van der Waals surface area contributed by atoms with E-state index in [1.54, 1.807) is 16.5 Å². The average molecular weight is 428 g/mol. The summed E-state index contributed by atoms with van der Waals surface area (Å²) >= 11 is 0. The predicted molar refractivity (Wildman–Crippen MR) is 114 cm³/mol. The van der Waals surface area contributed by atoms with E-state index in [1.165, 1.54) is 4.57 Å². The van der Waals surface area contributed by atoms with Crippen molar-refractivity contribution in [3.8, 4) is 0 Å². The van der Waals surface area contributed by atoms with E-state index >= 15 is 0 Å². The Morgan fingerprint density at radius 3 is 2.58 bits per heavy atom. The van der Waals surface area contributed by atoms with E-state index in [4.69, 9.17) is 4.74 Å². The van der Waals surface area contributed by atoms with Crippen LogP contribution in [0.25, 0.3) is 11.0 Å². The average Bonchev–Trinajstić information content (AvgIpc) is 3.26. The molecule has 4 rings (SSSR count). The molecule has 1 aromatic heterocycles. The molecule has 9 nitrogen and oxygen atoms in total. The maximum atomic E-state index is 13.1. The molecule has 31 heavy (non-hydrogen) atoms. The van der Waals surface area contributed by atoms with Crippen molar-refractivity contribution in [1.29, 1.82) is 0 Å². The van der Waals surface area contributed by atoms with Gasteiger partial charge >= 0.3 is 11.8 Å². The van der Waals surface area contributed by atoms with E-state index in [0.29, 0.717) is 25.0 Å². The molecular formula is C22H28N4O5. The van der Waals surface area contributed by atoms with Gasteiger partial charge in [-0.3, -0.25) is 24.0 Å². The number of imidazole rings is 1.